The molecule has 1 saturated carbocycles. The van der Waals surface area contributed by atoms with Crippen molar-refractivity contribution in [2.75, 3.05) is 11.5 Å². The van der Waals surface area contributed by atoms with Crippen LogP contribution in [-0.2, 0) is 14.3 Å². The third-order valence-electron chi connectivity index (χ3n) is 6.63. The van der Waals surface area contributed by atoms with E-state index in [4.69, 9.17) is 16.3 Å². The first-order chi connectivity index (χ1) is 16.3. The van der Waals surface area contributed by atoms with Gasteiger partial charge in [0.05, 0.1) is 28.0 Å². The van der Waals surface area contributed by atoms with E-state index in [9.17, 15) is 29.3 Å². The molecule has 172 valence electrons. The fourth-order valence-electron chi connectivity index (χ4n) is 5.03. The molecule has 3 aliphatic rings. The van der Waals surface area contributed by atoms with Gasteiger partial charge in [0.25, 0.3) is 5.69 Å². The first-order valence-electron chi connectivity index (χ1n) is 10.6. The number of carbonyl (C=O) groups excluding carboxylic acids is 4. The van der Waals surface area contributed by atoms with Gasteiger partial charge in [-0.15, -0.1) is 0 Å². The number of nitro benzene ring substituents is 1. The number of ketones is 1. The molecule has 0 N–H and O–H groups in total. The van der Waals surface area contributed by atoms with Crippen molar-refractivity contribution in [1.82, 2.24) is 0 Å². The zero-order chi connectivity index (χ0) is 24.1. The molecule has 2 aromatic carbocycles. The highest BCUT2D eigenvalue weighted by Gasteiger charge is 2.59. The highest BCUT2D eigenvalue weighted by molar-refractivity contribution is 6.32. The predicted molar refractivity (Wildman–Crippen MR) is 119 cm³/mol. The van der Waals surface area contributed by atoms with Gasteiger partial charge in [0, 0.05) is 11.6 Å². The van der Waals surface area contributed by atoms with E-state index in [1.807, 2.05) is 12.2 Å². The van der Waals surface area contributed by atoms with Crippen LogP contribution in [-0.4, -0.2) is 35.1 Å². The van der Waals surface area contributed by atoms with Gasteiger partial charge in [-0.1, -0.05) is 23.8 Å². The first-order valence-corrected chi connectivity index (χ1v) is 10.9. The standard InChI is InChI=1S/C24H17ClN2O7/c25-17-8-5-13(10-18(17)27(32)33)19(28)11-34-24(31)12-3-6-16(7-4-12)26-22(29)20-14-1-2-15(9-14)21(20)23(26)30/h1-8,10,14-15,20-21H,9,11H2/t14-,15+,20+,21-. The molecule has 9 nitrogen and oxygen atoms in total. The van der Waals surface area contributed by atoms with Gasteiger partial charge in [-0.05, 0) is 54.7 Å². The number of ether oxygens (including phenoxy) is 1. The monoisotopic (exact) mass is 480 g/mol. The van der Waals surface area contributed by atoms with Crippen LogP contribution in [0, 0.1) is 33.8 Å². The molecule has 4 atom stereocenters. The average Bonchev–Trinajstić information content (AvgIpc) is 3.51. The summed E-state index contributed by atoms with van der Waals surface area (Å²) in [6, 6.07) is 9.37. The highest BCUT2D eigenvalue weighted by atomic mass is 35.5. The number of nitro groups is 1. The molecule has 2 amide bonds. The van der Waals surface area contributed by atoms with Crippen molar-refractivity contribution in [3.63, 3.8) is 0 Å². The van der Waals surface area contributed by atoms with Gasteiger partial charge in [0.1, 0.15) is 5.02 Å². The van der Waals surface area contributed by atoms with Crippen LogP contribution in [0.5, 0.6) is 0 Å². The van der Waals surface area contributed by atoms with Gasteiger partial charge >= 0.3 is 5.97 Å². The summed E-state index contributed by atoms with van der Waals surface area (Å²) in [5.41, 5.74) is 0.0669. The van der Waals surface area contributed by atoms with Crippen molar-refractivity contribution in [3.05, 3.63) is 80.9 Å². The van der Waals surface area contributed by atoms with Crippen molar-refractivity contribution < 1.29 is 28.8 Å². The third-order valence-corrected chi connectivity index (χ3v) is 6.95. The second-order valence-corrected chi connectivity index (χ2v) is 8.89. The number of nitrogens with zero attached hydrogens (tertiary/aromatic N) is 2. The van der Waals surface area contributed by atoms with E-state index in [0.717, 1.165) is 12.5 Å². The fourth-order valence-corrected chi connectivity index (χ4v) is 5.21. The lowest BCUT2D eigenvalue weighted by atomic mass is 9.85. The molecule has 0 aromatic heterocycles. The Hall–Kier alpha value is -3.85. The quantitative estimate of drug-likeness (QED) is 0.154. The van der Waals surface area contributed by atoms with Crippen LogP contribution in [0.3, 0.4) is 0 Å². The minimum absolute atomic E-state index is 0.0145. The molecular formula is C24H17ClN2O7. The number of anilines is 1. The summed E-state index contributed by atoms with van der Waals surface area (Å²) in [4.78, 5) is 61.9. The molecule has 2 fully saturated rings. The molecule has 1 saturated heterocycles. The first kappa shape index (κ1) is 22.0. The van der Waals surface area contributed by atoms with Gasteiger partial charge in [-0.25, -0.2) is 4.79 Å². The van der Waals surface area contributed by atoms with Crippen LogP contribution >= 0.6 is 11.6 Å². The summed E-state index contributed by atoms with van der Waals surface area (Å²) in [6.07, 6.45) is 4.87. The minimum Gasteiger partial charge on any atom is -0.454 e. The highest BCUT2D eigenvalue weighted by Crippen LogP contribution is 2.53. The third kappa shape index (κ3) is 3.49. The van der Waals surface area contributed by atoms with E-state index >= 15 is 0 Å². The summed E-state index contributed by atoms with van der Waals surface area (Å²) in [6.45, 7) is -0.623. The number of hydrogen-bond acceptors (Lipinski definition) is 7. The van der Waals surface area contributed by atoms with Gasteiger partial charge in [0.2, 0.25) is 17.6 Å². The topological polar surface area (TPSA) is 124 Å². The van der Waals surface area contributed by atoms with Crippen LogP contribution in [0.15, 0.2) is 54.6 Å². The second-order valence-electron chi connectivity index (χ2n) is 8.48. The van der Waals surface area contributed by atoms with Gasteiger partial charge in [-0.3, -0.25) is 29.4 Å². The van der Waals surface area contributed by atoms with Gasteiger partial charge in [0.15, 0.2) is 6.61 Å². The summed E-state index contributed by atoms with van der Waals surface area (Å²) in [5, 5.41) is 10.9. The Morgan fingerprint density at radius 1 is 1.00 bits per heavy atom. The largest absolute Gasteiger partial charge is 0.454 e. The lowest BCUT2D eigenvalue weighted by Gasteiger charge is -2.17. The van der Waals surface area contributed by atoms with Gasteiger partial charge < -0.3 is 4.74 Å². The molecular weight excluding hydrogens is 464 g/mol. The van der Waals surface area contributed by atoms with Crippen LogP contribution in [0.4, 0.5) is 11.4 Å². The maximum absolute atomic E-state index is 12.9. The van der Waals surface area contributed by atoms with E-state index in [1.165, 1.54) is 41.3 Å². The smallest absolute Gasteiger partial charge is 0.338 e. The van der Waals surface area contributed by atoms with Gasteiger partial charge in [-0.2, -0.15) is 0 Å². The lowest BCUT2D eigenvalue weighted by Crippen LogP contribution is -2.32. The zero-order valence-electron chi connectivity index (χ0n) is 17.5. The number of amides is 2. The Morgan fingerprint density at radius 2 is 1.59 bits per heavy atom. The van der Waals surface area contributed by atoms with Crippen LogP contribution < -0.4 is 4.90 Å². The number of hydrogen-bond donors (Lipinski definition) is 0. The van der Waals surface area contributed by atoms with E-state index in [1.54, 1.807) is 0 Å². The second kappa shape index (κ2) is 8.18. The van der Waals surface area contributed by atoms with E-state index < -0.39 is 29.0 Å². The maximum Gasteiger partial charge on any atom is 0.338 e. The number of halogens is 1. The minimum atomic E-state index is -0.790. The summed E-state index contributed by atoms with van der Waals surface area (Å²) < 4.78 is 5.03. The van der Waals surface area contributed by atoms with Crippen molar-refractivity contribution in [2.24, 2.45) is 23.7 Å². The molecule has 0 radical (unpaired) electrons. The molecule has 34 heavy (non-hydrogen) atoms. The van der Waals surface area contributed by atoms with Crippen molar-refractivity contribution >= 4 is 46.5 Å². The Bertz CT molecular complexity index is 1260. The van der Waals surface area contributed by atoms with Crippen LogP contribution in [0.1, 0.15) is 27.1 Å². The molecule has 2 aliphatic carbocycles. The molecule has 10 heteroatoms. The number of esters is 1. The molecule has 2 bridgehead atoms. The van der Waals surface area contributed by atoms with Crippen LogP contribution in [0.2, 0.25) is 5.02 Å². The Balaban J connectivity index is 1.24. The molecule has 5 rings (SSSR count). The molecule has 2 aromatic rings. The summed E-state index contributed by atoms with van der Waals surface area (Å²) >= 11 is 5.74. The number of rotatable bonds is 6. The number of allylic oxidation sites excluding steroid dienone is 2. The Morgan fingerprint density at radius 3 is 2.18 bits per heavy atom. The van der Waals surface area contributed by atoms with Crippen LogP contribution in [0.25, 0.3) is 0 Å². The Labute approximate surface area is 198 Å². The SMILES string of the molecule is O=C(COC(=O)c1ccc(N2C(=O)[C@@H]3[C@H](C2=O)[C@H]2C=C[C@@H]3C2)cc1)c1ccc(Cl)c([N+](=O)[O-])c1. The average molecular weight is 481 g/mol. The molecule has 0 spiro atoms. The van der Waals surface area contributed by atoms with E-state index in [2.05, 4.69) is 0 Å². The number of benzene rings is 2. The molecule has 0 unspecified atom stereocenters. The van der Waals surface area contributed by atoms with Crippen molar-refractivity contribution in [1.29, 1.82) is 0 Å². The summed E-state index contributed by atoms with van der Waals surface area (Å²) in [7, 11) is 0. The van der Waals surface area contributed by atoms with Crippen molar-refractivity contribution in [2.45, 2.75) is 6.42 Å². The summed E-state index contributed by atoms with van der Waals surface area (Å²) in [5.74, 6) is -2.29. The van der Waals surface area contributed by atoms with Crippen molar-refractivity contribution in [3.8, 4) is 0 Å². The molecule has 1 heterocycles. The number of carbonyl (C=O) groups is 4. The zero-order valence-corrected chi connectivity index (χ0v) is 18.3. The number of imide groups is 1. The lowest BCUT2D eigenvalue weighted by molar-refractivity contribution is -0.384. The van der Waals surface area contributed by atoms with E-state index in [0.29, 0.717) is 5.69 Å². The maximum atomic E-state index is 12.9. The normalized spacial score (nSPS) is 24.4. The fraction of sp³-hybridized carbons (Fsp3) is 0.250. The Kier molecular flexibility index (Phi) is 5.28. The number of fused-ring (bicyclic) bond motifs is 5. The molecule has 1 aliphatic heterocycles. The number of Topliss-reactive ketones (excluding diaryl/α,β-unsaturated/α-hetero) is 1. The predicted octanol–water partition coefficient (Wildman–Crippen LogP) is 3.60. The van der Waals surface area contributed by atoms with E-state index in [-0.39, 0.29) is 51.6 Å².